The molecule has 2 rings (SSSR count). The molecular weight excluding hydrogens is 364 g/mol. The van der Waals surface area contributed by atoms with Gasteiger partial charge in [0.05, 0.1) is 0 Å². The molecule has 0 bridgehead atoms. The number of carbonyl (C=O) groups is 1. The van der Waals surface area contributed by atoms with E-state index in [1.165, 1.54) is 51.4 Å². The summed E-state index contributed by atoms with van der Waals surface area (Å²) in [5.74, 6) is 1.23. The summed E-state index contributed by atoms with van der Waals surface area (Å²) < 4.78 is 0. The normalized spacial score (nSPS) is 20.8. The number of Topliss-reactive ketones (excluding diaryl/α,β-unsaturated/α-hetero) is 1. The number of rotatable bonds is 7. The Bertz CT molecular complexity index is 461. The van der Waals surface area contributed by atoms with E-state index in [0.29, 0.717) is 24.0 Å². The van der Waals surface area contributed by atoms with Gasteiger partial charge in [-0.05, 0) is 62.0 Å². The van der Waals surface area contributed by atoms with Crippen molar-refractivity contribution in [2.45, 2.75) is 147 Å². The van der Waals surface area contributed by atoms with Crippen molar-refractivity contribution in [3.05, 3.63) is 22.8 Å². The van der Waals surface area contributed by atoms with Gasteiger partial charge >= 0.3 is 0 Å². The minimum atomic E-state index is 0.343. The Hall–Kier alpha value is -0.850. The minimum absolute atomic E-state index is 0.343. The Balaban J connectivity index is -0.000000407. The van der Waals surface area contributed by atoms with Crippen LogP contribution in [0.3, 0.4) is 0 Å². The summed E-state index contributed by atoms with van der Waals surface area (Å²) in [5.41, 5.74) is 5.51. The van der Waals surface area contributed by atoms with E-state index in [1.54, 1.807) is 16.7 Å². The number of hydrogen-bond acceptors (Lipinski definition) is 1. The molecule has 0 aromatic heterocycles. The fraction of sp³-hybridized carbons (Fsp3) is 0.828. The number of fused-ring (bicyclic) bond motifs is 1. The first-order valence-corrected chi connectivity index (χ1v) is 13.2. The SMILES string of the molecule is CC.CC.CCC(=O)CC.CCCCC.CCCCC1=CC2CC2(C)CC(C)=C1C. The lowest BCUT2D eigenvalue weighted by Crippen LogP contribution is -1.96. The number of allylic oxidation sites excluding steroid dienone is 4. The van der Waals surface area contributed by atoms with E-state index in [4.69, 9.17) is 0 Å². The van der Waals surface area contributed by atoms with Gasteiger partial charge in [-0.3, -0.25) is 4.79 Å². The van der Waals surface area contributed by atoms with Crippen LogP contribution in [0.5, 0.6) is 0 Å². The molecule has 0 N–H and O–H groups in total. The number of hydrogen-bond donors (Lipinski definition) is 0. The zero-order chi connectivity index (χ0) is 24.2. The topological polar surface area (TPSA) is 17.1 Å². The van der Waals surface area contributed by atoms with E-state index in [9.17, 15) is 4.79 Å². The summed E-state index contributed by atoms with van der Waals surface area (Å²) in [6.45, 7) is 25.6. The average molecular weight is 423 g/mol. The number of ketones is 1. The predicted octanol–water partition coefficient (Wildman–Crippen LogP) is 10.5. The molecule has 2 unspecified atom stereocenters. The summed E-state index contributed by atoms with van der Waals surface area (Å²) in [7, 11) is 0. The van der Waals surface area contributed by atoms with Crippen LogP contribution in [0.15, 0.2) is 22.8 Å². The molecule has 0 spiro atoms. The molecule has 180 valence electrons. The van der Waals surface area contributed by atoms with E-state index in [-0.39, 0.29) is 0 Å². The van der Waals surface area contributed by atoms with Crippen LogP contribution in [-0.4, -0.2) is 5.78 Å². The molecule has 2 atom stereocenters. The fourth-order valence-corrected chi connectivity index (χ4v) is 3.53. The largest absolute Gasteiger partial charge is 0.300 e. The molecule has 0 aromatic rings. The van der Waals surface area contributed by atoms with Gasteiger partial charge in [-0.15, -0.1) is 0 Å². The van der Waals surface area contributed by atoms with Crippen molar-refractivity contribution in [1.29, 1.82) is 0 Å². The van der Waals surface area contributed by atoms with Gasteiger partial charge < -0.3 is 0 Å². The molecule has 0 aromatic carbocycles. The molecule has 2 aliphatic carbocycles. The molecule has 2 aliphatic rings. The van der Waals surface area contributed by atoms with Crippen LogP contribution >= 0.6 is 0 Å². The zero-order valence-electron chi connectivity index (χ0n) is 23.1. The standard InChI is InChI=1S/C15H24.C5H10O.C5H12.2C2H6/c1-5-6-7-13-8-14-10-15(14,4)9-11(2)12(13)3;1-3-5(6)4-2;1-3-5-4-2;2*1-2/h8,14H,5-7,9-10H2,1-4H3;3-4H2,1-2H3;3-5H2,1-2H3;2*1-2H3. The Labute approximate surface area is 192 Å². The van der Waals surface area contributed by atoms with Gasteiger partial charge in [-0.25, -0.2) is 0 Å². The van der Waals surface area contributed by atoms with Crippen LogP contribution in [-0.2, 0) is 4.79 Å². The molecule has 0 radical (unpaired) electrons. The Morgan fingerprint density at radius 2 is 1.37 bits per heavy atom. The van der Waals surface area contributed by atoms with E-state index in [1.807, 2.05) is 41.5 Å². The molecule has 30 heavy (non-hydrogen) atoms. The third-order valence-electron chi connectivity index (χ3n) is 5.91. The van der Waals surface area contributed by atoms with E-state index < -0.39 is 0 Å². The highest BCUT2D eigenvalue weighted by Crippen LogP contribution is 2.59. The van der Waals surface area contributed by atoms with E-state index >= 15 is 0 Å². The van der Waals surface area contributed by atoms with Gasteiger partial charge in [-0.1, -0.05) is 107 Å². The van der Waals surface area contributed by atoms with Crippen molar-refractivity contribution < 1.29 is 4.79 Å². The molecule has 1 fully saturated rings. The van der Waals surface area contributed by atoms with Crippen molar-refractivity contribution in [1.82, 2.24) is 0 Å². The zero-order valence-corrected chi connectivity index (χ0v) is 23.1. The van der Waals surface area contributed by atoms with Crippen molar-refractivity contribution in [3.8, 4) is 0 Å². The monoisotopic (exact) mass is 422 g/mol. The van der Waals surface area contributed by atoms with Crippen LogP contribution in [0.2, 0.25) is 0 Å². The van der Waals surface area contributed by atoms with Crippen LogP contribution in [0.1, 0.15) is 147 Å². The molecule has 1 saturated carbocycles. The van der Waals surface area contributed by atoms with Crippen molar-refractivity contribution in [3.63, 3.8) is 0 Å². The maximum atomic E-state index is 10.2. The summed E-state index contributed by atoms with van der Waals surface area (Å²) in [6, 6.07) is 0. The van der Waals surface area contributed by atoms with Crippen LogP contribution in [0.25, 0.3) is 0 Å². The highest BCUT2D eigenvalue weighted by molar-refractivity contribution is 5.77. The fourth-order valence-electron chi connectivity index (χ4n) is 3.53. The maximum Gasteiger partial charge on any atom is 0.132 e. The Kier molecular flexibility index (Phi) is 24.1. The molecule has 0 aliphatic heterocycles. The Morgan fingerprint density at radius 1 is 0.900 bits per heavy atom. The van der Waals surface area contributed by atoms with Crippen molar-refractivity contribution >= 4 is 5.78 Å². The first kappa shape index (κ1) is 33.8. The predicted molar refractivity (Wildman–Crippen MR) is 140 cm³/mol. The summed E-state index contributed by atoms with van der Waals surface area (Å²) in [4.78, 5) is 10.2. The summed E-state index contributed by atoms with van der Waals surface area (Å²) >= 11 is 0. The van der Waals surface area contributed by atoms with E-state index in [2.05, 4.69) is 47.6 Å². The van der Waals surface area contributed by atoms with Gasteiger partial charge in [-0.2, -0.15) is 0 Å². The van der Waals surface area contributed by atoms with Crippen molar-refractivity contribution in [2.75, 3.05) is 0 Å². The molecular formula is C29H58O. The van der Waals surface area contributed by atoms with Gasteiger partial charge in [0.1, 0.15) is 5.78 Å². The molecule has 0 heterocycles. The quantitative estimate of drug-likeness (QED) is 0.398. The summed E-state index contributed by atoms with van der Waals surface area (Å²) in [6.07, 6.45) is 14.8. The lowest BCUT2D eigenvalue weighted by molar-refractivity contribution is -0.118. The lowest BCUT2D eigenvalue weighted by atomic mass is 9.94. The van der Waals surface area contributed by atoms with Crippen LogP contribution in [0, 0.1) is 11.3 Å². The third-order valence-corrected chi connectivity index (χ3v) is 5.91. The third kappa shape index (κ3) is 15.0. The van der Waals surface area contributed by atoms with Crippen molar-refractivity contribution in [2.24, 2.45) is 11.3 Å². The smallest absolute Gasteiger partial charge is 0.132 e. The number of carbonyl (C=O) groups excluding carboxylic acids is 1. The Morgan fingerprint density at radius 3 is 1.70 bits per heavy atom. The second-order valence-corrected chi connectivity index (χ2v) is 8.44. The average Bonchev–Trinajstić information content (AvgIpc) is 3.43. The highest BCUT2D eigenvalue weighted by Gasteiger charge is 2.49. The first-order chi connectivity index (χ1) is 14.3. The van der Waals surface area contributed by atoms with E-state index in [0.717, 1.165) is 5.92 Å². The number of unbranched alkanes of at least 4 members (excludes halogenated alkanes) is 3. The second-order valence-electron chi connectivity index (χ2n) is 8.44. The van der Waals surface area contributed by atoms with Gasteiger partial charge in [0.15, 0.2) is 0 Å². The van der Waals surface area contributed by atoms with Crippen LogP contribution in [0.4, 0.5) is 0 Å². The lowest BCUT2D eigenvalue weighted by Gasteiger charge is -2.12. The van der Waals surface area contributed by atoms with Gasteiger partial charge in [0, 0.05) is 12.8 Å². The summed E-state index contributed by atoms with van der Waals surface area (Å²) in [5, 5.41) is 0. The molecule has 0 saturated heterocycles. The maximum absolute atomic E-state index is 10.2. The second kappa shape index (κ2) is 21.4. The molecule has 0 amide bonds. The first-order valence-electron chi connectivity index (χ1n) is 13.2. The minimum Gasteiger partial charge on any atom is -0.300 e. The molecule has 1 heteroatoms. The highest BCUT2D eigenvalue weighted by atomic mass is 16.1. The van der Waals surface area contributed by atoms with Gasteiger partial charge in [0.25, 0.3) is 0 Å². The molecule has 1 nitrogen and oxygen atoms in total. The van der Waals surface area contributed by atoms with Crippen LogP contribution < -0.4 is 0 Å². The van der Waals surface area contributed by atoms with Gasteiger partial charge in [0.2, 0.25) is 0 Å².